The molecular formula is C18H35ClN2O. The highest BCUT2D eigenvalue weighted by molar-refractivity contribution is 5.85. The van der Waals surface area contributed by atoms with E-state index >= 15 is 0 Å². The Balaban J connectivity index is 0.00000242. The fourth-order valence-electron chi connectivity index (χ4n) is 4.06. The summed E-state index contributed by atoms with van der Waals surface area (Å²) >= 11 is 0. The minimum absolute atomic E-state index is 0. The molecule has 1 amide bonds. The molecule has 22 heavy (non-hydrogen) atoms. The smallest absolute Gasteiger partial charge is 0.225 e. The summed E-state index contributed by atoms with van der Waals surface area (Å²) in [5.74, 6) is 1.95. The predicted molar refractivity (Wildman–Crippen MR) is 95.4 cm³/mol. The number of halogens is 1. The molecule has 2 fully saturated rings. The van der Waals surface area contributed by atoms with Crippen LogP contribution in [-0.2, 0) is 4.79 Å². The van der Waals surface area contributed by atoms with Crippen molar-refractivity contribution >= 4 is 18.3 Å². The molecule has 130 valence electrons. The van der Waals surface area contributed by atoms with Crippen LogP contribution in [0, 0.1) is 17.8 Å². The molecule has 3 nitrogen and oxygen atoms in total. The maximum atomic E-state index is 12.9. The summed E-state index contributed by atoms with van der Waals surface area (Å²) in [5.41, 5.74) is 0. The summed E-state index contributed by atoms with van der Waals surface area (Å²) in [6, 6.07) is 0.602. The number of rotatable bonds is 5. The van der Waals surface area contributed by atoms with Crippen LogP contribution in [0.3, 0.4) is 0 Å². The molecule has 0 spiro atoms. The van der Waals surface area contributed by atoms with Gasteiger partial charge in [-0.25, -0.2) is 0 Å². The highest BCUT2D eigenvalue weighted by atomic mass is 35.5. The zero-order valence-electron chi connectivity index (χ0n) is 14.6. The van der Waals surface area contributed by atoms with Crippen LogP contribution in [0.4, 0.5) is 0 Å². The molecule has 2 rings (SSSR count). The van der Waals surface area contributed by atoms with E-state index in [4.69, 9.17) is 0 Å². The van der Waals surface area contributed by atoms with Crippen molar-refractivity contribution in [1.82, 2.24) is 10.2 Å². The lowest BCUT2D eigenvalue weighted by Crippen LogP contribution is -2.47. The van der Waals surface area contributed by atoms with Gasteiger partial charge in [0.2, 0.25) is 5.91 Å². The standard InChI is InChI=1S/C18H34N2O.ClH/c1-14(2)17(13-15-7-5-4-6-8-15)18(21)20-11-9-16(19-3)10-12-20;/h14-17,19H,4-13H2,1-3H3;1H. The Labute approximate surface area is 143 Å². The van der Waals surface area contributed by atoms with Gasteiger partial charge in [-0.15, -0.1) is 12.4 Å². The average molecular weight is 331 g/mol. The number of likely N-dealkylation sites (tertiary alicyclic amines) is 1. The molecule has 0 radical (unpaired) electrons. The number of piperidine rings is 1. The van der Waals surface area contributed by atoms with E-state index in [1.807, 2.05) is 7.05 Å². The van der Waals surface area contributed by atoms with Crippen molar-refractivity contribution < 1.29 is 4.79 Å². The Bertz CT molecular complexity index is 321. The molecule has 1 aliphatic heterocycles. The van der Waals surface area contributed by atoms with Crippen molar-refractivity contribution in [2.45, 2.75) is 71.3 Å². The highest BCUT2D eigenvalue weighted by Crippen LogP contribution is 2.32. The van der Waals surface area contributed by atoms with Crippen molar-refractivity contribution in [1.29, 1.82) is 0 Å². The zero-order valence-corrected chi connectivity index (χ0v) is 15.5. The van der Waals surface area contributed by atoms with Gasteiger partial charge in [0.25, 0.3) is 0 Å². The minimum atomic E-state index is 0. The molecule has 1 atom stereocenters. The van der Waals surface area contributed by atoms with Gasteiger partial charge in [0.05, 0.1) is 0 Å². The van der Waals surface area contributed by atoms with Gasteiger partial charge in [-0.2, -0.15) is 0 Å². The van der Waals surface area contributed by atoms with Gasteiger partial charge in [-0.3, -0.25) is 4.79 Å². The third kappa shape index (κ3) is 5.42. The molecule has 1 N–H and O–H groups in total. The number of nitrogens with one attached hydrogen (secondary N) is 1. The monoisotopic (exact) mass is 330 g/mol. The topological polar surface area (TPSA) is 32.3 Å². The normalized spacial score (nSPS) is 22.5. The van der Waals surface area contributed by atoms with Gasteiger partial charge < -0.3 is 10.2 Å². The molecule has 0 aromatic carbocycles. The van der Waals surface area contributed by atoms with Crippen LogP contribution in [0.15, 0.2) is 0 Å². The number of hydrogen-bond acceptors (Lipinski definition) is 2. The molecule has 2 aliphatic rings. The van der Waals surface area contributed by atoms with Crippen LogP contribution in [0.25, 0.3) is 0 Å². The van der Waals surface area contributed by atoms with Gasteiger partial charge in [0.1, 0.15) is 0 Å². The molecule has 4 heteroatoms. The molecule has 0 aromatic rings. The van der Waals surface area contributed by atoms with Gasteiger partial charge in [0, 0.05) is 25.0 Å². The van der Waals surface area contributed by atoms with Crippen LogP contribution in [0.1, 0.15) is 65.2 Å². The van der Waals surface area contributed by atoms with Crippen LogP contribution in [0.5, 0.6) is 0 Å². The molecule has 1 saturated carbocycles. The Morgan fingerprint density at radius 3 is 2.18 bits per heavy atom. The lowest BCUT2D eigenvalue weighted by atomic mass is 9.78. The summed E-state index contributed by atoms with van der Waals surface area (Å²) in [4.78, 5) is 15.1. The van der Waals surface area contributed by atoms with E-state index in [1.54, 1.807) is 0 Å². The molecule has 1 aliphatic carbocycles. The van der Waals surface area contributed by atoms with E-state index in [9.17, 15) is 4.79 Å². The van der Waals surface area contributed by atoms with Gasteiger partial charge in [-0.05, 0) is 38.1 Å². The summed E-state index contributed by atoms with van der Waals surface area (Å²) in [5, 5.41) is 3.34. The van der Waals surface area contributed by atoms with Crippen LogP contribution >= 0.6 is 12.4 Å². The van der Waals surface area contributed by atoms with Crippen molar-refractivity contribution in [2.24, 2.45) is 17.8 Å². The van der Waals surface area contributed by atoms with Crippen molar-refractivity contribution in [2.75, 3.05) is 20.1 Å². The fourth-order valence-corrected chi connectivity index (χ4v) is 4.06. The second kappa shape index (κ2) is 9.77. The first-order valence-electron chi connectivity index (χ1n) is 9.08. The number of carbonyl (C=O) groups excluding carboxylic acids is 1. The fraction of sp³-hybridized carbons (Fsp3) is 0.944. The van der Waals surface area contributed by atoms with E-state index < -0.39 is 0 Å². The van der Waals surface area contributed by atoms with Crippen molar-refractivity contribution in [3.63, 3.8) is 0 Å². The summed E-state index contributed by atoms with van der Waals surface area (Å²) in [6.45, 7) is 6.34. The number of amides is 1. The second-order valence-electron chi connectivity index (χ2n) is 7.48. The van der Waals surface area contributed by atoms with E-state index in [-0.39, 0.29) is 18.3 Å². The van der Waals surface area contributed by atoms with E-state index in [0.29, 0.717) is 17.9 Å². The first-order valence-corrected chi connectivity index (χ1v) is 9.08. The van der Waals surface area contributed by atoms with Crippen molar-refractivity contribution in [3.05, 3.63) is 0 Å². The third-order valence-corrected chi connectivity index (χ3v) is 5.65. The van der Waals surface area contributed by atoms with E-state index in [0.717, 1.165) is 38.3 Å². The lowest BCUT2D eigenvalue weighted by molar-refractivity contribution is -0.139. The lowest BCUT2D eigenvalue weighted by Gasteiger charge is -2.36. The van der Waals surface area contributed by atoms with Crippen LogP contribution in [0.2, 0.25) is 0 Å². The molecule has 1 unspecified atom stereocenters. The maximum Gasteiger partial charge on any atom is 0.225 e. The largest absolute Gasteiger partial charge is 0.342 e. The summed E-state index contributed by atoms with van der Waals surface area (Å²) in [7, 11) is 2.03. The zero-order chi connectivity index (χ0) is 15.2. The number of hydrogen-bond donors (Lipinski definition) is 1. The highest BCUT2D eigenvalue weighted by Gasteiger charge is 2.31. The minimum Gasteiger partial charge on any atom is -0.342 e. The summed E-state index contributed by atoms with van der Waals surface area (Å²) < 4.78 is 0. The second-order valence-corrected chi connectivity index (χ2v) is 7.48. The van der Waals surface area contributed by atoms with Gasteiger partial charge in [-0.1, -0.05) is 46.0 Å². The molecule has 1 saturated heterocycles. The first-order chi connectivity index (χ1) is 10.1. The van der Waals surface area contributed by atoms with Gasteiger partial charge >= 0.3 is 0 Å². The molecule has 0 aromatic heterocycles. The number of carbonyl (C=O) groups is 1. The Hall–Kier alpha value is -0.280. The average Bonchev–Trinajstić information content (AvgIpc) is 2.53. The Kier molecular flexibility index (Phi) is 8.78. The summed E-state index contributed by atoms with van der Waals surface area (Å²) in [6.07, 6.45) is 10.2. The van der Waals surface area contributed by atoms with Gasteiger partial charge in [0.15, 0.2) is 0 Å². The predicted octanol–water partition coefficient (Wildman–Crippen LogP) is 3.86. The SMILES string of the molecule is CNC1CCN(C(=O)C(CC2CCCCC2)C(C)C)CC1.Cl. The molecular weight excluding hydrogens is 296 g/mol. The Morgan fingerprint density at radius 1 is 1.09 bits per heavy atom. The van der Waals surface area contributed by atoms with Crippen molar-refractivity contribution in [3.8, 4) is 0 Å². The molecule has 0 bridgehead atoms. The van der Waals surface area contributed by atoms with Crippen LogP contribution < -0.4 is 5.32 Å². The van der Waals surface area contributed by atoms with E-state index in [1.165, 1.54) is 32.1 Å². The maximum absolute atomic E-state index is 12.9. The number of nitrogens with zero attached hydrogens (tertiary/aromatic N) is 1. The van der Waals surface area contributed by atoms with E-state index in [2.05, 4.69) is 24.1 Å². The first kappa shape index (κ1) is 19.8. The quantitative estimate of drug-likeness (QED) is 0.830. The Morgan fingerprint density at radius 2 is 1.68 bits per heavy atom. The molecule has 1 heterocycles. The third-order valence-electron chi connectivity index (χ3n) is 5.65. The van der Waals surface area contributed by atoms with Crippen LogP contribution in [-0.4, -0.2) is 37.0 Å².